The molecule has 24 heavy (non-hydrogen) atoms. The maximum Gasteiger partial charge on any atom is 0.134 e. The number of rotatable bonds is 3. The van der Waals surface area contributed by atoms with Gasteiger partial charge in [-0.3, -0.25) is 0 Å². The molecular weight excluding hydrogens is 338 g/mol. The fourth-order valence-corrected chi connectivity index (χ4v) is 3.39. The van der Waals surface area contributed by atoms with Crippen LogP contribution in [0.2, 0.25) is 0 Å². The van der Waals surface area contributed by atoms with Crippen LogP contribution in [0, 0.1) is 17.1 Å². The lowest BCUT2D eigenvalue weighted by molar-refractivity contribution is 0.0908. The van der Waals surface area contributed by atoms with E-state index in [2.05, 4.69) is 0 Å². The highest BCUT2D eigenvalue weighted by Gasteiger charge is 2.36. The summed E-state index contributed by atoms with van der Waals surface area (Å²) in [5.74, 6) is -0.399. The van der Waals surface area contributed by atoms with E-state index in [4.69, 9.17) is 15.1 Å². The molecule has 0 heterocycles. The Morgan fingerprint density at radius 3 is 2.79 bits per heavy atom. The third-order valence-electron chi connectivity index (χ3n) is 3.76. The predicted molar refractivity (Wildman–Crippen MR) is 81.8 cm³/mol. The number of hydrogen-bond donors (Lipinski definition) is 2. The number of nitrogens with two attached hydrogens (primary N) is 1. The Morgan fingerprint density at radius 2 is 2.12 bits per heavy atom. The Hall–Kier alpha value is -2.34. The summed E-state index contributed by atoms with van der Waals surface area (Å²) in [5.41, 5.74) is 0.538. The van der Waals surface area contributed by atoms with E-state index in [1.54, 1.807) is 0 Å². The molecule has 1 aliphatic rings. The third kappa shape index (κ3) is 2.89. The van der Waals surface area contributed by atoms with Crippen LogP contribution in [0.5, 0.6) is 11.5 Å². The van der Waals surface area contributed by atoms with Gasteiger partial charge in [0, 0.05) is 23.6 Å². The van der Waals surface area contributed by atoms with Gasteiger partial charge in [0.1, 0.15) is 40.6 Å². The molecule has 2 aromatic carbocycles. The van der Waals surface area contributed by atoms with Gasteiger partial charge in [-0.1, -0.05) is 0 Å². The highest BCUT2D eigenvalue weighted by atomic mass is 32.2. The number of hydrogen-bond acceptors (Lipinski definition) is 4. The van der Waals surface area contributed by atoms with Crippen LogP contribution in [0.25, 0.3) is 0 Å². The van der Waals surface area contributed by atoms with Crippen LogP contribution < -0.4 is 9.88 Å². The van der Waals surface area contributed by atoms with Crippen molar-refractivity contribution >= 4 is 11.0 Å². The number of aliphatic hydroxyl groups is 1. The Labute approximate surface area is 138 Å². The zero-order chi connectivity index (χ0) is 17.4. The van der Waals surface area contributed by atoms with E-state index in [9.17, 15) is 18.1 Å². The van der Waals surface area contributed by atoms with Gasteiger partial charge < -0.3 is 9.84 Å². The van der Waals surface area contributed by atoms with Gasteiger partial charge in [-0.2, -0.15) is 5.26 Å². The van der Waals surface area contributed by atoms with Crippen molar-refractivity contribution in [3.8, 4) is 17.6 Å². The smallest absolute Gasteiger partial charge is 0.134 e. The first-order valence-corrected chi connectivity index (χ1v) is 8.14. The highest BCUT2D eigenvalue weighted by Crippen LogP contribution is 2.43. The number of halogens is 2. The highest BCUT2D eigenvalue weighted by molar-refractivity contribution is 7.82. The molecule has 0 spiro atoms. The summed E-state index contributed by atoms with van der Waals surface area (Å²) in [6.45, 7) is 0. The second-order valence-electron chi connectivity index (χ2n) is 5.31. The van der Waals surface area contributed by atoms with E-state index < -0.39 is 29.1 Å². The molecule has 0 amide bonds. The minimum atomic E-state index is -1.90. The molecule has 3 N–H and O–H groups in total. The number of alkyl halides is 1. The average molecular weight is 350 g/mol. The number of nitriles is 1. The molecule has 0 aliphatic heterocycles. The molecule has 0 aromatic heterocycles. The van der Waals surface area contributed by atoms with Crippen LogP contribution in [0.15, 0.2) is 35.2 Å². The quantitative estimate of drug-likeness (QED) is 0.888. The number of fused-ring (bicyclic) bond motifs is 1. The standard InChI is InChI=1S/C16H12F2N2O3S/c17-9-3-8(7-19)4-10(5-9)23-13-1-2-14(24(20)22)15-11(13)6-12(18)16(15)21/h1-5,12,16,21H,6,20H2/t12-,16-,24?/m1/s1. The zero-order valence-corrected chi connectivity index (χ0v) is 13.0. The maximum atomic E-state index is 13.9. The van der Waals surface area contributed by atoms with E-state index in [1.165, 1.54) is 18.2 Å². The molecular formula is C16H12F2N2O3S. The normalized spacial score (nSPS) is 20.3. The SMILES string of the molecule is N#Cc1cc(F)cc(Oc2ccc(S(N)=O)c3c2C[C@@H](F)[C@H]3O)c1. The summed E-state index contributed by atoms with van der Waals surface area (Å²) in [6, 6.07) is 8.08. The van der Waals surface area contributed by atoms with Crippen molar-refractivity contribution in [1.29, 1.82) is 5.26 Å². The van der Waals surface area contributed by atoms with Gasteiger partial charge in [0.2, 0.25) is 0 Å². The molecule has 0 saturated heterocycles. The molecule has 0 radical (unpaired) electrons. The number of benzene rings is 2. The van der Waals surface area contributed by atoms with Gasteiger partial charge in [-0.15, -0.1) is 0 Å². The van der Waals surface area contributed by atoms with Gasteiger partial charge in [0.15, 0.2) is 0 Å². The monoisotopic (exact) mass is 350 g/mol. The molecule has 5 nitrogen and oxygen atoms in total. The summed E-state index contributed by atoms with van der Waals surface area (Å²) < 4.78 is 44.6. The summed E-state index contributed by atoms with van der Waals surface area (Å²) in [6.07, 6.45) is -3.17. The van der Waals surface area contributed by atoms with Crippen LogP contribution in [-0.2, 0) is 17.4 Å². The van der Waals surface area contributed by atoms with Gasteiger partial charge in [-0.05, 0) is 24.3 Å². The molecule has 1 aliphatic carbocycles. The van der Waals surface area contributed by atoms with Gasteiger partial charge in [0.25, 0.3) is 0 Å². The number of ether oxygens (including phenoxy) is 1. The van der Waals surface area contributed by atoms with Gasteiger partial charge in [-0.25, -0.2) is 18.1 Å². The van der Waals surface area contributed by atoms with Crippen molar-refractivity contribution in [2.75, 3.05) is 0 Å². The molecule has 3 atom stereocenters. The second-order valence-corrected chi connectivity index (χ2v) is 6.34. The largest absolute Gasteiger partial charge is 0.457 e. The average Bonchev–Trinajstić information content (AvgIpc) is 2.83. The maximum absolute atomic E-state index is 13.9. The predicted octanol–water partition coefficient (Wildman–Crippen LogP) is 2.40. The van der Waals surface area contributed by atoms with Crippen LogP contribution >= 0.6 is 0 Å². The van der Waals surface area contributed by atoms with E-state index in [0.717, 1.165) is 12.1 Å². The third-order valence-corrected chi connectivity index (χ3v) is 4.55. The second kappa shape index (κ2) is 6.28. The van der Waals surface area contributed by atoms with Crippen LogP contribution in [-0.4, -0.2) is 15.5 Å². The molecule has 3 rings (SSSR count). The number of nitrogens with zero attached hydrogens (tertiary/aromatic N) is 1. The van der Waals surface area contributed by atoms with Crippen molar-refractivity contribution in [2.24, 2.45) is 5.14 Å². The summed E-state index contributed by atoms with van der Waals surface area (Å²) in [4.78, 5) is 0.127. The Morgan fingerprint density at radius 1 is 1.38 bits per heavy atom. The number of aliphatic hydroxyl groups excluding tert-OH is 1. The molecule has 124 valence electrons. The molecule has 0 fully saturated rings. The summed E-state index contributed by atoms with van der Waals surface area (Å²) >= 11 is 0. The van der Waals surface area contributed by atoms with Gasteiger partial charge >= 0.3 is 0 Å². The van der Waals surface area contributed by atoms with Gasteiger partial charge in [0.05, 0.1) is 16.5 Å². The molecule has 0 saturated carbocycles. The first kappa shape index (κ1) is 16.5. The minimum absolute atomic E-state index is 0.0622. The minimum Gasteiger partial charge on any atom is -0.457 e. The molecule has 1 unspecified atom stereocenters. The van der Waals surface area contributed by atoms with E-state index in [-0.39, 0.29) is 33.9 Å². The molecule has 0 bridgehead atoms. The Balaban J connectivity index is 2.07. The van der Waals surface area contributed by atoms with Crippen molar-refractivity contribution < 1.29 is 22.8 Å². The zero-order valence-electron chi connectivity index (χ0n) is 12.2. The van der Waals surface area contributed by atoms with E-state index >= 15 is 0 Å². The lowest BCUT2D eigenvalue weighted by Crippen LogP contribution is -2.11. The van der Waals surface area contributed by atoms with Crippen LogP contribution in [0.3, 0.4) is 0 Å². The van der Waals surface area contributed by atoms with Crippen molar-refractivity contribution in [2.45, 2.75) is 23.6 Å². The Bertz CT molecular complexity index is 882. The topological polar surface area (TPSA) is 96.3 Å². The first-order chi connectivity index (χ1) is 11.4. The fraction of sp³-hybridized carbons (Fsp3) is 0.188. The summed E-state index contributed by atoms with van der Waals surface area (Å²) in [7, 11) is -1.90. The Kier molecular flexibility index (Phi) is 4.32. The van der Waals surface area contributed by atoms with Crippen molar-refractivity contribution in [3.05, 3.63) is 52.8 Å². The van der Waals surface area contributed by atoms with Crippen LogP contribution in [0.1, 0.15) is 22.8 Å². The molecule has 2 aromatic rings. The van der Waals surface area contributed by atoms with Crippen LogP contribution in [0.4, 0.5) is 8.78 Å². The lowest BCUT2D eigenvalue weighted by Gasteiger charge is -2.14. The lowest BCUT2D eigenvalue weighted by atomic mass is 10.1. The molecule has 8 heteroatoms. The first-order valence-electron chi connectivity index (χ1n) is 6.93. The van der Waals surface area contributed by atoms with Crippen molar-refractivity contribution in [1.82, 2.24) is 0 Å². The summed E-state index contributed by atoms with van der Waals surface area (Å²) in [5, 5.41) is 24.2. The van der Waals surface area contributed by atoms with Crippen molar-refractivity contribution in [3.63, 3.8) is 0 Å². The fourth-order valence-electron chi connectivity index (χ4n) is 2.73. The van der Waals surface area contributed by atoms with E-state index in [0.29, 0.717) is 5.56 Å². The van der Waals surface area contributed by atoms with E-state index in [1.807, 2.05) is 6.07 Å².